The summed E-state index contributed by atoms with van der Waals surface area (Å²) in [6.45, 7) is 1.91. The first kappa shape index (κ1) is 17.7. The molecule has 0 saturated heterocycles. The molecule has 2 aromatic carbocycles. The second-order valence-corrected chi connectivity index (χ2v) is 7.77. The van der Waals surface area contributed by atoms with Crippen LogP contribution in [-0.2, 0) is 0 Å². The van der Waals surface area contributed by atoms with Crippen LogP contribution in [0.25, 0.3) is 10.1 Å². The third-order valence-corrected chi connectivity index (χ3v) is 5.86. The van der Waals surface area contributed by atoms with E-state index < -0.39 is 0 Å². The number of rotatable bonds is 4. The van der Waals surface area contributed by atoms with Gasteiger partial charge in [0, 0.05) is 22.7 Å². The molecule has 4 rings (SSSR count). The Morgan fingerprint density at radius 1 is 1.07 bits per heavy atom. The molecule has 0 spiro atoms. The van der Waals surface area contributed by atoms with Gasteiger partial charge in [-0.2, -0.15) is 4.37 Å². The van der Waals surface area contributed by atoms with Crippen molar-refractivity contribution in [3.8, 4) is 0 Å². The Morgan fingerprint density at radius 3 is 2.67 bits per heavy atom. The third kappa shape index (κ3) is 3.71. The molecule has 0 radical (unpaired) electrons. The number of hydrogen-bond donors (Lipinski definition) is 2. The van der Waals surface area contributed by atoms with Gasteiger partial charge in [0.2, 0.25) is 0 Å². The van der Waals surface area contributed by atoms with Gasteiger partial charge >= 0.3 is 0 Å². The number of fused-ring (bicyclic) bond motifs is 1. The summed E-state index contributed by atoms with van der Waals surface area (Å²) in [5.74, 6) is -0.347. The SMILES string of the molecule is Cc1ccc(C(=O)NC2CCCC2)cc1NC(=O)c1nsc2ccccc12. The number of hydrogen-bond acceptors (Lipinski definition) is 4. The van der Waals surface area contributed by atoms with Crippen molar-refractivity contribution in [1.29, 1.82) is 0 Å². The number of aryl methyl sites for hydroxylation is 1. The first-order chi connectivity index (χ1) is 13.1. The lowest BCUT2D eigenvalue weighted by atomic mass is 10.1. The van der Waals surface area contributed by atoms with Crippen LogP contribution in [0, 0.1) is 6.92 Å². The van der Waals surface area contributed by atoms with Gasteiger partial charge in [0.05, 0.1) is 4.70 Å². The van der Waals surface area contributed by atoms with Gasteiger partial charge in [0.15, 0.2) is 0 Å². The molecule has 0 atom stereocenters. The lowest BCUT2D eigenvalue weighted by Gasteiger charge is -2.14. The minimum absolute atomic E-state index is 0.0866. The Labute approximate surface area is 162 Å². The van der Waals surface area contributed by atoms with Crippen LogP contribution >= 0.6 is 11.5 Å². The number of nitrogens with one attached hydrogen (secondary N) is 2. The van der Waals surface area contributed by atoms with Gasteiger partial charge in [-0.1, -0.05) is 37.1 Å². The van der Waals surface area contributed by atoms with Crippen molar-refractivity contribution >= 4 is 39.1 Å². The van der Waals surface area contributed by atoms with Crippen molar-refractivity contribution in [3.05, 3.63) is 59.3 Å². The summed E-state index contributed by atoms with van der Waals surface area (Å²) in [5.41, 5.74) is 2.51. The predicted octanol–water partition coefficient (Wildman–Crippen LogP) is 4.53. The molecule has 0 aliphatic heterocycles. The molecule has 0 bridgehead atoms. The Hall–Kier alpha value is -2.73. The van der Waals surface area contributed by atoms with E-state index in [2.05, 4.69) is 15.0 Å². The normalized spacial score (nSPS) is 14.4. The first-order valence-electron chi connectivity index (χ1n) is 9.19. The van der Waals surface area contributed by atoms with Crippen LogP contribution in [0.15, 0.2) is 42.5 Å². The summed E-state index contributed by atoms with van der Waals surface area (Å²) in [6, 6.07) is 13.3. The molecule has 1 saturated carbocycles. The van der Waals surface area contributed by atoms with Crippen molar-refractivity contribution in [2.45, 2.75) is 38.6 Å². The zero-order chi connectivity index (χ0) is 18.8. The van der Waals surface area contributed by atoms with Crippen LogP contribution < -0.4 is 10.6 Å². The Morgan fingerprint density at radius 2 is 1.85 bits per heavy atom. The fourth-order valence-electron chi connectivity index (χ4n) is 3.47. The zero-order valence-corrected chi connectivity index (χ0v) is 15.9. The minimum atomic E-state index is -0.260. The second-order valence-electron chi connectivity index (χ2n) is 6.97. The maximum Gasteiger partial charge on any atom is 0.276 e. The van der Waals surface area contributed by atoms with Gasteiger partial charge in [-0.3, -0.25) is 9.59 Å². The van der Waals surface area contributed by atoms with Crippen LogP contribution in [-0.4, -0.2) is 22.2 Å². The topological polar surface area (TPSA) is 71.1 Å². The fourth-order valence-corrected chi connectivity index (χ4v) is 4.24. The molecule has 2 amide bonds. The van der Waals surface area contributed by atoms with Crippen LogP contribution in [0.5, 0.6) is 0 Å². The third-order valence-electron chi connectivity index (χ3n) is 5.03. The number of carbonyl (C=O) groups is 2. The largest absolute Gasteiger partial charge is 0.349 e. The van der Waals surface area contributed by atoms with E-state index in [-0.39, 0.29) is 17.9 Å². The summed E-state index contributed by atoms with van der Waals surface area (Å²) in [5, 5.41) is 6.84. The number of carbonyl (C=O) groups excluding carboxylic acids is 2. The number of anilines is 1. The van der Waals surface area contributed by atoms with E-state index in [0.29, 0.717) is 16.9 Å². The second kappa shape index (κ2) is 7.48. The van der Waals surface area contributed by atoms with Gasteiger partial charge in [-0.05, 0) is 55.1 Å². The maximum absolute atomic E-state index is 12.7. The summed E-state index contributed by atoms with van der Waals surface area (Å²) in [6.07, 6.45) is 4.42. The Bertz CT molecular complexity index is 1010. The average Bonchev–Trinajstić information content (AvgIpc) is 3.33. The smallest absolute Gasteiger partial charge is 0.276 e. The molecule has 2 N–H and O–H groups in total. The van der Waals surface area contributed by atoms with E-state index in [9.17, 15) is 9.59 Å². The van der Waals surface area contributed by atoms with Gasteiger partial charge in [-0.15, -0.1) is 0 Å². The standard InChI is InChI=1S/C21H21N3O2S/c1-13-10-11-14(20(25)22-15-6-2-3-7-15)12-17(13)23-21(26)19-16-8-4-5-9-18(16)27-24-19/h4-5,8-12,15H,2-3,6-7H2,1H3,(H,22,25)(H,23,26). The molecule has 138 valence electrons. The Kier molecular flexibility index (Phi) is 4.90. The number of amides is 2. The molecular formula is C21H21N3O2S. The highest BCUT2D eigenvalue weighted by Gasteiger charge is 2.19. The average molecular weight is 379 g/mol. The molecule has 6 heteroatoms. The summed E-state index contributed by atoms with van der Waals surface area (Å²) in [4.78, 5) is 25.3. The maximum atomic E-state index is 12.7. The lowest BCUT2D eigenvalue weighted by molar-refractivity contribution is 0.0936. The summed E-state index contributed by atoms with van der Waals surface area (Å²) >= 11 is 1.31. The molecule has 5 nitrogen and oxygen atoms in total. The molecule has 1 heterocycles. The zero-order valence-electron chi connectivity index (χ0n) is 15.1. The fraction of sp³-hybridized carbons (Fsp3) is 0.286. The van der Waals surface area contributed by atoms with Crippen molar-refractivity contribution in [2.75, 3.05) is 5.32 Å². The number of nitrogens with zero attached hydrogens (tertiary/aromatic N) is 1. The van der Waals surface area contributed by atoms with Crippen LogP contribution in [0.4, 0.5) is 5.69 Å². The first-order valence-corrected chi connectivity index (χ1v) is 9.96. The molecule has 0 unspecified atom stereocenters. The van der Waals surface area contributed by atoms with Gasteiger partial charge in [0.1, 0.15) is 5.69 Å². The van der Waals surface area contributed by atoms with Crippen LogP contribution in [0.3, 0.4) is 0 Å². The van der Waals surface area contributed by atoms with E-state index in [1.807, 2.05) is 37.3 Å². The lowest BCUT2D eigenvalue weighted by Crippen LogP contribution is -2.32. The van der Waals surface area contributed by atoms with Crippen LogP contribution in [0.2, 0.25) is 0 Å². The van der Waals surface area contributed by atoms with Crippen molar-refractivity contribution in [1.82, 2.24) is 9.69 Å². The van der Waals surface area contributed by atoms with Crippen molar-refractivity contribution in [2.24, 2.45) is 0 Å². The monoisotopic (exact) mass is 379 g/mol. The molecule has 27 heavy (non-hydrogen) atoms. The quantitative estimate of drug-likeness (QED) is 0.700. The van der Waals surface area contributed by atoms with E-state index in [1.165, 1.54) is 24.4 Å². The van der Waals surface area contributed by atoms with Crippen LogP contribution in [0.1, 0.15) is 52.1 Å². The molecule has 3 aromatic rings. The molecular weight excluding hydrogens is 358 g/mol. The van der Waals surface area contributed by atoms with E-state index in [0.717, 1.165) is 28.5 Å². The predicted molar refractivity (Wildman–Crippen MR) is 108 cm³/mol. The van der Waals surface area contributed by atoms with Gasteiger partial charge < -0.3 is 10.6 Å². The highest BCUT2D eigenvalue weighted by Crippen LogP contribution is 2.25. The van der Waals surface area contributed by atoms with Crippen molar-refractivity contribution < 1.29 is 9.59 Å². The molecule has 1 fully saturated rings. The molecule has 1 aliphatic carbocycles. The van der Waals surface area contributed by atoms with E-state index >= 15 is 0 Å². The minimum Gasteiger partial charge on any atom is -0.349 e. The van der Waals surface area contributed by atoms with E-state index in [4.69, 9.17) is 0 Å². The molecule has 1 aromatic heterocycles. The Balaban J connectivity index is 1.54. The summed E-state index contributed by atoms with van der Waals surface area (Å²) in [7, 11) is 0. The van der Waals surface area contributed by atoms with Gasteiger partial charge in [0.25, 0.3) is 11.8 Å². The van der Waals surface area contributed by atoms with Crippen molar-refractivity contribution in [3.63, 3.8) is 0 Å². The summed E-state index contributed by atoms with van der Waals surface area (Å²) < 4.78 is 5.27. The molecule has 1 aliphatic rings. The van der Waals surface area contributed by atoms with Gasteiger partial charge in [-0.25, -0.2) is 0 Å². The number of benzene rings is 2. The number of aromatic nitrogens is 1. The highest BCUT2D eigenvalue weighted by molar-refractivity contribution is 7.13. The highest BCUT2D eigenvalue weighted by atomic mass is 32.1. The van der Waals surface area contributed by atoms with E-state index in [1.54, 1.807) is 12.1 Å².